The zero-order chi connectivity index (χ0) is 15.6. The highest BCUT2D eigenvalue weighted by Crippen LogP contribution is 2.28. The SMILES string of the molecule is N#Cc1ccnc(N2CCC[C@](O)(C(=O)N3CCCC3)C2)c1. The molecule has 0 bridgehead atoms. The van der Waals surface area contributed by atoms with Gasteiger partial charge in [-0.05, 0) is 37.8 Å². The topological polar surface area (TPSA) is 80.5 Å². The molecule has 2 aliphatic heterocycles. The summed E-state index contributed by atoms with van der Waals surface area (Å²) in [5.74, 6) is 0.484. The molecule has 1 aromatic rings. The van der Waals surface area contributed by atoms with Gasteiger partial charge >= 0.3 is 0 Å². The molecular formula is C16H20N4O2. The lowest BCUT2D eigenvalue weighted by Crippen LogP contribution is -2.58. The summed E-state index contributed by atoms with van der Waals surface area (Å²) in [6.45, 7) is 2.45. The van der Waals surface area contributed by atoms with Gasteiger partial charge in [0.1, 0.15) is 5.82 Å². The van der Waals surface area contributed by atoms with Crippen LogP contribution in [0.25, 0.3) is 0 Å². The van der Waals surface area contributed by atoms with Gasteiger partial charge in [-0.2, -0.15) is 5.26 Å². The van der Waals surface area contributed by atoms with Gasteiger partial charge in [0.05, 0.1) is 18.2 Å². The van der Waals surface area contributed by atoms with Gasteiger partial charge in [0.25, 0.3) is 5.91 Å². The summed E-state index contributed by atoms with van der Waals surface area (Å²) in [4.78, 5) is 20.5. The van der Waals surface area contributed by atoms with E-state index in [-0.39, 0.29) is 12.5 Å². The Kier molecular flexibility index (Phi) is 3.99. The molecule has 0 radical (unpaired) electrons. The van der Waals surface area contributed by atoms with Gasteiger partial charge in [-0.1, -0.05) is 0 Å². The van der Waals surface area contributed by atoms with Crippen molar-refractivity contribution in [3.63, 3.8) is 0 Å². The Morgan fingerprint density at radius 3 is 2.82 bits per heavy atom. The lowest BCUT2D eigenvalue weighted by molar-refractivity contribution is -0.151. The van der Waals surface area contributed by atoms with E-state index < -0.39 is 5.60 Å². The van der Waals surface area contributed by atoms with Crippen LogP contribution >= 0.6 is 0 Å². The molecule has 2 saturated heterocycles. The minimum atomic E-state index is -1.34. The van der Waals surface area contributed by atoms with Crippen LogP contribution < -0.4 is 4.90 Å². The predicted octanol–water partition coefficient (Wildman–Crippen LogP) is 0.907. The average molecular weight is 300 g/mol. The van der Waals surface area contributed by atoms with Gasteiger partial charge < -0.3 is 14.9 Å². The van der Waals surface area contributed by atoms with Gasteiger partial charge in [0, 0.05) is 25.8 Å². The van der Waals surface area contributed by atoms with E-state index in [0.29, 0.717) is 17.8 Å². The Hall–Kier alpha value is -2.13. The molecule has 0 saturated carbocycles. The molecule has 3 rings (SSSR count). The van der Waals surface area contributed by atoms with Crippen LogP contribution in [-0.4, -0.2) is 52.7 Å². The van der Waals surface area contributed by atoms with Gasteiger partial charge in [0.2, 0.25) is 0 Å². The number of carbonyl (C=O) groups excluding carboxylic acids is 1. The molecule has 22 heavy (non-hydrogen) atoms. The Morgan fingerprint density at radius 1 is 1.32 bits per heavy atom. The van der Waals surface area contributed by atoms with Crippen LogP contribution in [0.3, 0.4) is 0 Å². The number of anilines is 1. The number of aliphatic hydroxyl groups is 1. The summed E-state index contributed by atoms with van der Waals surface area (Å²) >= 11 is 0. The van der Waals surface area contributed by atoms with Crippen LogP contribution in [0.2, 0.25) is 0 Å². The Balaban J connectivity index is 1.78. The second-order valence-corrected chi connectivity index (χ2v) is 6.07. The number of nitrogens with zero attached hydrogens (tertiary/aromatic N) is 4. The largest absolute Gasteiger partial charge is 0.378 e. The molecule has 0 aliphatic carbocycles. The monoisotopic (exact) mass is 300 g/mol. The van der Waals surface area contributed by atoms with Crippen molar-refractivity contribution in [2.45, 2.75) is 31.3 Å². The number of hydrogen-bond acceptors (Lipinski definition) is 5. The molecule has 0 aromatic carbocycles. The van der Waals surface area contributed by atoms with Crippen LogP contribution in [0.1, 0.15) is 31.2 Å². The lowest BCUT2D eigenvalue weighted by Gasteiger charge is -2.40. The van der Waals surface area contributed by atoms with Crippen LogP contribution in [0.4, 0.5) is 5.82 Å². The highest BCUT2D eigenvalue weighted by atomic mass is 16.3. The fourth-order valence-corrected chi connectivity index (χ4v) is 3.28. The average Bonchev–Trinajstić information content (AvgIpc) is 3.08. The third-order valence-corrected chi connectivity index (χ3v) is 4.46. The predicted molar refractivity (Wildman–Crippen MR) is 81.2 cm³/mol. The third-order valence-electron chi connectivity index (χ3n) is 4.46. The van der Waals surface area contributed by atoms with Gasteiger partial charge in [0.15, 0.2) is 5.60 Å². The van der Waals surface area contributed by atoms with Crippen molar-refractivity contribution in [2.24, 2.45) is 0 Å². The molecular weight excluding hydrogens is 280 g/mol. The van der Waals surface area contributed by atoms with Crippen molar-refractivity contribution in [3.05, 3.63) is 23.9 Å². The Morgan fingerprint density at radius 2 is 2.09 bits per heavy atom. The number of β-amino-alcohol motifs (C(OH)–C–C–N with tert-alkyl or cyclic N) is 1. The molecule has 1 aromatic heterocycles. The van der Waals surface area contributed by atoms with Crippen LogP contribution in [0.5, 0.6) is 0 Å². The first-order valence-corrected chi connectivity index (χ1v) is 7.75. The Bertz CT molecular complexity index is 606. The van der Waals surface area contributed by atoms with E-state index in [4.69, 9.17) is 5.26 Å². The molecule has 3 heterocycles. The summed E-state index contributed by atoms with van der Waals surface area (Å²) in [7, 11) is 0. The second-order valence-electron chi connectivity index (χ2n) is 6.07. The molecule has 1 atom stereocenters. The molecule has 1 amide bonds. The summed E-state index contributed by atoms with van der Waals surface area (Å²) in [5.41, 5.74) is -0.808. The van der Waals surface area contributed by atoms with Gasteiger partial charge in [-0.25, -0.2) is 4.98 Å². The highest BCUT2D eigenvalue weighted by Gasteiger charge is 2.43. The number of carbonyl (C=O) groups is 1. The van der Waals surface area contributed by atoms with E-state index in [1.165, 1.54) is 0 Å². The number of piperidine rings is 1. The summed E-state index contributed by atoms with van der Waals surface area (Å²) in [6, 6.07) is 5.44. The normalized spacial score (nSPS) is 25.1. The van der Waals surface area contributed by atoms with Crippen molar-refractivity contribution in [3.8, 4) is 6.07 Å². The molecule has 2 aliphatic rings. The smallest absolute Gasteiger partial charge is 0.256 e. The number of rotatable bonds is 2. The summed E-state index contributed by atoms with van der Waals surface area (Å²) in [5, 5.41) is 19.8. The quantitative estimate of drug-likeness (QED) is 0.878. The number of hydrogen-bond donors (Lipinski definition) is 1. The highest BCUT2D eigenvalue weighted by molar-refractivity contribution is 5.86. The van der Waals surface area contributed by atoms with E-state index in [0.717, 1.165) is 38.9 Å². The molecule has 2 fully saturated rings. The number of nitriles is 1. The maximum atomic E-state index is 12.6. The van der Waals surface area contributed by atoms with E-state index >= 15 is 0 Å². The van der Waals surface area contributed by atoms with Crippen LogP contribution in [0, 0.1) is 11.3 Å². The van der Waals surface area contributed by atoms with Gasteiger partial charge in [-0.3, -0.25) is 4.79 Å². The van der Waals surface area contributed by atoms with Crippen molar-refractivity contribution in [2.75, 3.05) is 31.1 Å². The molecule has 1 N–H and O–H groups in total. The fourth-order valence-electron chi connectivity index (χ4n) is 3.28. The van der Waals surface area contributed by atoms with Crippen molar-refractivity contribution in [1.29, 1.82) is 5.26 Å². The zero-order valence-corrected chi connectivity index (χ0v) is 12.5. The van der Waals surface area contributed by atoms with E-state index in [9.17, 15) is 9.90 Å². The van der Waals surface area contributed by atoms with Crippen LogP contribution in [-0.2, 0) is 4.79 Å². The first-order chi connectivity index (χ1) is 10.6. The second kappa shape index (κ2) is 5.93. The van der Waals surface area contributed by atoms with Crippen molar-refractivity contribution < 1.29 is 9.90 Å². The standard InChI is InChI=1S/C16H20N4O2/c17-11-13-4-6-18-14(10-13)20-9-3-5-16(22,12-20)15(21)19-7-1-2-8-19/h4,6,10,22H,1-3,5,7-9,12H2/t16-/m1/s1. The van der Waals surface area contributed by atoms with Crippen molar-refractivity contribution >= 4 is 11.7 Å². The molecule has 116 valence electrons. The summed E-state index contributed by atoms with van der Waals surface area (Å²) in [6.07, 6.45) is 4.82. The lowest BCUT2D eigenvalue weighted by atomic mass is 9.91. The van der Waals surface area contributed by atoms with Gasteiger partial charge in [-0.15, -0.1) is 0 Å². The number of pyridine rings is 1. The van der Waals surface area contributed by atoms with Crippen LogP contribution in [0.15, 0.2) is 18.3 Å². The number of amides is 1. The minimum Gasteiger partial charge on any atom is -0.378 e. The Labute approximate surface area is 130 Å². The third kappa shape index (κ3) is 2.77. The maximum absolute atomic E-state index is 12.6. The summed E-state index contributed by atoms with van der Waals surface area (Å²) < 4.78 is 0. The van der Waals surface area contributed by atoms with E-state index in [1.54, 1.807) is 23.2 Å². The molecule has 6 nitrogen and oxygen atoms in total. The van der Waals surface area contributed by atoms with E-state index in [2.05, 4.69) is 11.1 Å². The first kappa shape index (κ1) is 14.8. The van der Waals surface area contributed by atoms with Crippen molar-refractivity contribution in [1.82, 2.24) is 9.88 Å². The van der Waals surface area contributed by atoms with E-state index in [1.807, 2.05) is 4.90 Å². The molecule has 0 spiro atoms. The number of likely N-dealkylation sites (tertiary alicyclic amines) is 1. The number of aromatic nitrogens is 1. The maximum Gasteiger partial charge on any atom is 0.256 e. The fraction of sp³-hybridized carbons (Fsp3) is 0.562. The minimum absolute atomic E-state index is 0.161. The zero-order valence-electron chi connectivity index (χ0n) is 12.5. The molecule has 6 heteroatoms. The first-order valence-electron chi connectivity index (χ1n) is 7.75. The molecule has 0 unspecified atom stereocenters.